The molecule has 2 aromatic rings. The molecule has 0 atom stereocenters. The van der Waals surface area contributed by atoms with Crippen LogP contribution in [0.25, 0.3) is 0 Å². The van der Waals surface area contributed by atoms with Crippen LogP contribution < -0.4 is 5.32 Å². The highest BCUT2D eigenvalue weighted by atomic mass is 35.5. The Morgan fingerprint density at radius 2 is 2.17 bits per heavy atom. The predicted octanol–water partition coefficient (Wildman–Crippen LogP) is 3.00. The van der Waals surface area contributed by atoms with E-state index in [0.717, 1.165) is 5.56 Å². The number of carbonyl (C=O) groups is 1. The van der Waals surface area contributed by atoms with Gasteiger partial charge >= 0.3 is 0 Å². The number of nitrogens with one attached hydrogen (secondary N) is 1. The fraction of sp³-hybridized carbons (Fsp3) is 0.0769. The Hall–Kier alpha value is -2.07. The molecule has 0 bridgehead atoms. The summed E-state index contributed by atoms with van der Waals surface area (Å²) < 4.78 is 0. The summed E-state index contributed by atoms with van der Waals surface area (Å²) in [6.07, 6.45) is 3.20. The number of rotatable bonds is 2. The molecule has 0 radical (unpaired) electrons. The molecule has 2 N–H and O–H groups in total. The summed E-state index contributed by atoms with van der Waals surface area (Å²) in [6.45, 7) is 1.86. The van der Waals surface area contributed by atoms with Crippen molar-refractivity contribution in [2.24, 2.45) is 0 Å². The van der Waals surface area contributed by atoms with E-state index in [-0.39, 0.29) is 11.3 Å². The van der Waals surface area contributed by atoms with Crippen molar-refractivity contribution in [2.45, 2.75) is 6.92 Å². The van der Waals surface area contributed by atoms with E-state index in [0.29, 0.717) is 10.7 Å². The van der Waals surface area contributed by atoms with Gasteiger partial charge in [-0.2, -0.15) is 0 Å². The summed E-state index contributed by atoms with van der Waals surface area (Å²) in [5, 5.41) is 12.7. The molecule has 1 aromatic heterocycles. The molecular weight excluding hydrogens is 252 g/mol. The molecular formula is C13H11ClN2O2. The lowest BCUT2D eigenvalue weighted by Gasteiger charge is -2.08. The molecule has 2 rings (SSSR count). The number of halogens is 1. The lowest BCUT2D eigenvalue weighted by Crippen LogP contribution is -2.13. The van der Waals surface area contributed by atoms with Crippen molar-refractivity contribution < 1.29 is 9.90 Å². The number of pyridine rings is 1. The van der Waals surface area contributed by atoms with E-state index >= 15 is 0 Å². The van der Waals surface area contributed by atoms with Crippen molar-refractivity contribution in [3.8, 4) is 5.75 Å². The first-order chi connectivity index (χ1) is 8.58. The Labute approximate surface area is 109 Å². The first-order valence-electron chi connectivity index (χ1n) is 5.28. The molecule has 5 heteroatoms. The lowest BCUT2D eigenvalue weighted by atomic mass is 10.1. The third-order valence-electron chi connectivity index (χ3n) is 2.49. The van der Waals surface area contributed by atoms with Gasteiger partial charge in [-0.25, -0.2) is 0 Å². The largest absolute Gasteiger partial charge is 0.507 e. The van der Waals surface area contributed by atoms with E-state index in [4.69, 9.17) is 11.6 Å². The molecule has 0 saturated heterocycles. The van der Waals surface area contributed by atoms with Gasteiger partial charge in [0, 0.05) is 11.2 Å². The van der Waals surface area contributed by atoms with Crippen molar-refractivity contribution in [2.75, 3.05) is 5.32 Å². The number of aromatic nitrogens is 1. The van der Waals surface area contributed by atoms with E-state index in [2.05, 4.69) is 10.3 Å². The second kappa shape index (κ2) is 5.06. The molecule has 1 amide bonds. The second-order valence-corrected chi connectivity index (χ2v) is 4.24. The zero-order valence-electron chi connectivity index (χ0n) is 9.64. The number of hydrogen-bond donors (Lipinski definition) is 2. The summed E-state index contributed by atoms with van der Waals surface area (Å²) in [5.41, 5.74) is 1.67. The molecule has 0 fully saturated rings. The van der Waals surface area contributed by atoms with Crippen LogP contribution >= 0.6 is 11.6 Å². The van der Waals surface area contributed by atoms with Crippen molar-refractivity contribution >= 4 is 23.2 Å². The van der Waals surface area contributed by atoms with Crippen molar-refractivity contribution in [1.29, 1.82) is 0 Å². The maximum Gasteiger partial charge on any atom is 0.259 e. The molecule has 0 aliphatic heterocycles. The topological polar surface area (TPSA) is 62.2 Å². The van der Waals surface area contributed by atoms with Crippen LogP contribution in [0.4, 0.5) is 5.69 Å². The van der Waals surface area contributed by atoms with E-state index in [1.807, 2.05) is 6.92 Å². The summed E-state index contributed by atoms with van der Waals surface area (Å²) in [4.78, 5) is 15.9. The van der Waals surface area contributed by atoms with Gasteiger partial charge in [0.15, 0.2) is 0 Å². The summed E-state index contributed by atoms with van der Waals surface area (Å²) in [5.74, 6) is -0.554. The standard InChI is InChI=1S/C13H11ClN2O2/c1-8-4-5-15-7-11(8)16-13(18)10-3-2-9(14)6-12(10)17/h2-7,17H,1H3,(H,16,18). The lowest BCUT2D eigenvalue weighted by molar-refractivity contribution is 0.102. The van der Waals surface area contributed by atoms with Crippen molar-refractivity contribution in [1.82, 2.24) is 4.98 Å². The number of phenols is 1. The van der Waals surface area contributed by atoms with Gasteiger partial charge in [0.05, 0.1) is 17.4 Å². The predicted molar refractivity (Wildman–Crippen MR) is 70.0 cm³/mol. The van der Waals surface area contributed by atoms with Crippen molar-refractivity contribution in [3.63, 3.8) is 0 Å². The van der Waals surface area contributed by atoms with Gasteiger partial charge in [0.1, 0.15) is 5.75 Å². The van der Waals surface area contributed by atoms with Gasteiger partial charge in [-0.1, -0.05) is 11.6 Å². The molecule has 1 aromatic carbocycles. The number of benzene rings is 1. The minimum atomic E-state index is -0.403. The third kappa shape index (κ3) is 2.60. The number of aromatic hydroxyl groups is 1. The van der Waals surface area contributed by atoms with E-state index in [9.17, 15) is 9.90 Å². The molecule has 0 saturated carbocycles. The van der Waals surface area contributed by atoms with Crippen LogP contribution in [-0.4, -0.2) is 16.0 Å². The number of nitrogens with zero attached hydrogens (tertiary/aromatic N) is 1. The van der Waals surface area contributed by atoms with E-state index < -0.39 is 5.91 Å². The Kier molecular flexibility index (Phi) is 3.48. The number of aryl methyl sites for hydroxylation is 1. The number of anilines is 1. The summed E-state index contributed by atoms with van der Waals surface area (Å²) in [7, 11) is 0. The molecule has 18 heavy (non-hydrogen) atoms. The maximum absolute atomic E-state index is 12.0. The summed E-state index contributed by atoms with van der Waals surface area (Å²) in [6, 6.07) is 6.13. The number of carbonyl (C=O) groups excluding carboxylic acids is 1. The normalized spacial score (nSPS) is 10.1. The molecule has 0 unspecified atom stereocenters. The molecule has 4 nitrogen and oxygen atoms in total. The van der Waals surface area contributed by atoms with Crippen LogP contribution in [0.5, 0.6) is 5.75 Å². The highest BCUT2D eigenvalue weighted by molar-refractivity contribution is 6.30. The van der Waals surface area contributed by atoms with Gasteiger partial charge < -0.3 is 10.4 Å². The SMILES string of the molecule is Cc1ccncc1NC(=O)c1ccc(Cl)cc1O. The quantitative estimate of drug-likeness (QED) is 0.875. The zero-order chi connectivity index (χ0) is 13.1. The Morgan fingerprint density at radius 1 is 1.39 bits per heavy atom. The van der Waals surface area contributed by atoms with Crippen LogP contribution in [0.3, 0.4) is 0 Å². The average Bonchev–Trinajstić information content (AvgIpc) is 2.32. The van der Waals surface area contributed by atoms with E-state index in [1.165, 1.54) is 12.1 Å². The van der Waals surface area contributed by atoms with Crippen LogP contribution in [0.2, 0.25) is 5.02 Å². The second-order valence-electron chi connectivity index (χ2n) is 3.81. The number of amides is 1. The Morgan fingerprint density at radius 3 is 2.83 bits per heavy atom. The van der Waals surface area contributed by atoms with Crippen LogP contribution in [-0.2, 0) is 0 Å². The van der Waals surface area contributed by atoms with Crippen LogP contribution in [0, 0.1) is 6.92 Å². The highest BCUT2D eigenvalue weighted by Crippen LogP contribution is 2.23. The van der Waals surface area contributed by atoms with Gasteiger partial charge in [-0.3, -0.25) is 9.78 Å². The average molecular weight is 263 g/mol. The first kappa shape index (κ1) is 12.4. The Balaban J connectivity index is 2.25. The van der Waals surface area contributed by atoms with Gasteiger partial charge in [-0.15, -0.1) is 0 Å². The smallest absolute Gasteiger partial charge is 0.259 e. The zero-order valence-corrected chi connectivity index (χ0v) is 10.4. The molecule has 0 aliphatic rings. The molecule has 92 valence electrons. The fourth-order valence-electron chi connectivity index (χ4n) is 1.48. The minimum absolute atomic E-state index is 0.151. The summed E-state index contributed by atoms with van der Waals surface area (Å²) >= 11 is 5.71. The van der Waals surface area contributed by atoms with E-state index in [1.54, 1.807) is 24.5 Å². The minimum Gasteiger partial charge on any atom is -0.507 e. The highest BCUT2D eigenvalue weighted by Gasteiger charge is 2.12. The number of hydrogen-bond acceptors (Lipinski definition) is 3. The molecule has 0 spiro atoms. The van der Waals surface area contributed by atoms with Crippen molar-refractivity contribution in [3.05, 3.63) is 52.8 Å². The monoisotopic (exact) mass is 262 g/mol. The van der Waals surface area contributed by atoms with Gasteiger partial charge in [-0.05, 0) is 36.8 Å². The third-order valence-corrected chi connectivity index (χ3v) is 2.73. The molecule has 1 heterocycles. The fourth-order valence-corrected chi connectivity index (χ4v) is 1.65. The maximum atomic E-state index is 12.0. The molecule has 0 aliphatic carbocycles. The van der Waals surface area contributed by atoms with Crippen LogP contribution in [0.1, 0.15) is 15.9 Å². The van der Waals surface area contributed by atoms with Crippen LogP contribution in [0.15, 0.2) is 36.7 Å². The Bertz CT molecular complexity index is 599. The number of phenolic OH excluding ortho intramolecular Hbond substituents is 1. The first-order valence-corrected chi connectivity index (χ1v) is 5.66. The van der Waals surface area contributed by atoms with Gasteiger partial charge in [0.25, 0.3) is 5.91 Å². The van der Waals surface area contributed by atoms with Gasteiger partial charge in [0.2, 0.25) is 0 Å².